The molecule has 0 unspecified atom stereocenters. The molecule has 0 bridgehead atoms. The molecule has 0 aliphatic carbocycles. The molecule has 0 fully saturated rings. The average molecular weight is 234 g/mol. The molecular weight excluding hydrogens is 223 g/mol. The Labute approximate surface area is 96.0 Å². The van der Waals surface area contributed by atoms with Crippen LogP contribution in [0.15, 0.2) is 34.4 Å². The van der Waals surface area contributed by atoms with Crippen molar-refractivity contribution in [2.24, 2.45) is 27.2 Å². The van der Waals surface area contributed by atoms with Crippen molar-refractivity contribution in [3.8, 4) is 0 Å². The van der Waals surface area contributed by atoms with E-state index in [0.29, 0.717) is 16.6 Å². The molecule has 1 aromatic heterocycles. The van der Waals surface area contributed by atoms with Gasteiger partial charge in [0.1, 0.15) is 5.82 Å². The van der Waals surface area contributed by atoms with Crippen molar-refractivity contribution in [3.05, 3.63) is 30.2 Å². The number of H-pyrrole nitrogens is 1. The number of rotatable bonds is 1. The summed E-state index contributed by atoms with van der Waals surface area (Å²) in [6.45, 7) is 0. The summed E-state index contributed by atoms with van der Waals surface area (Å²) in [6, 6.07) is 4.64. The third kappa shape index (κ3) is 2.33. The van der Waals surface area contributed by atoms with E-state index in [1.54, 1.807) is 18.3 Å². The molecule has 17 heavy (non-hydrogen) atoms. The molecule has 88 valence electrons. The Kier molecular flexibility index (Phi) is 2.65. The molecule has 2 rings (SSSR count). The Balaban J connectivity index is 2.46. The Morgan fingerprint density at radius 2 is 2.00 bits per heavy atom. The van der Waals surface area contributed by atoms with Crippen LogP contribution in [0.1, 0.15) is 0 Å². The van der Waals surface area contributed by atoms with Gasteiger partial charge in [-0.05, 0) is 12.1 Å². The van der Waals surface area contributed by atoms with Gasteiger partial charge in [-0.3, -0.25) is 0 Å². The first-order valence-corrected chi connectivity index (χ1v) is 4.76. The zero-order valence-electron chi connectivity index (χ0n) is 8.81. The van der Waals surface area contributed by atoms with Crippen molar-refractivity contribution in [3.63, 3.8) is 0 Å². The molecule has 0 amide bonds. The molecule has 0 atom stereocenters. The van der Waals surface area contributed by atoms with Crippen LogP contribution < -0.4 is 17.2 Å². The van der Waals surface area contributed by atoms with Gasteiger partial charge in [-0.25, -0.2) is 9.38 Å². The van der Waals surface area contributed by atoms with Gasteiger partial charge in [-0.2, -0.15) is 4.99 Å². The fourth-order valence-corrected chi connectivity index (χ4v) is 1.47. The third-order valence-corrected chi connectivity index (χ3v) is 2.08. The number of aromatic nitrogens is 1. The van der Waals surface area contributed by atoms with Crippen molar-refractivity contribution < 1.29 is 4.39 Å². The van der Waals surface area contributed by atoms with Gasteiger partial charge < -0.3 is 22.2 Å². The van der Waals surface area contributed by atoms with Crippen LogP contribution in [0.3, 0.4) is 0 Å². The minimum Gasteiger partial charge on any atom is -0.370 e. The number of aliphatic imine (C=N–C) groups is 2. The molecule has 7 heteroatoms. The van der Waals surface area contributed by atoms with Gasteiger partial charge in [-0.15, -0.1) is 0 Å². The molecule has 1 heterocycles. The first-order chi connectivity index (χ1) is 8.06. The standard InChI is InChI=1S/C10H11FN6/c11-7-4-6(16-10(14)17-9(12)13)3-5-1-2-15-8(5)7/h1-4,15H,(H6,12,13,14,16,17). The first-order valence-electron chi connectivity index (χ1n) is 4.76. The lowest BCUT2D eigenvalue weighted by Gasteiger charge is -1.98. The lowest BCUT2D eigenvalue weighted by atomic mass is 10.2. The highest BCUT2D eigenvalue weighted by Gasteiger charge is 2.04. The summed E-state index contributed by atoms with van der Waals surface area (Å²) >= 11 is 0. The molecule has 0 aliphatic rings. The molecule has 1 aromatic carbocycles. The second-order valence-corrected chi connectivity index (χ2v) is 3.38. The Bertz CT molecular complexity index is 608. The number of nitrogens with zero attached hydrogens (tertiary/aromatic N) is 2. The second kappa shape index (κ2) is 4.12. The van der Waals surface area contributed by atoms with Gasteiger partial charge in [0.15, 0.2) is 5.96 Å². The highest BCUT2D eigenvalue weighted by Crippen LogP contribution is 2.23. The Morgan fingerprint density at radius 3 is 2.71 bits per heavy atom. The lowest BCUT2D eigenvalue weighted by molar-refractivity contribution is 0.637. The molecule has 7 N–H and O–H groups in total. The summed E-state index contributed by atoms with van der Waals surface area (Å²) in [5.74, 6) is -0.738. The van der Waals surface area contributed by atoms with Crippen LogP contribution in [0.25, 0.3) is 10.9 Å². The number of fused-ring (bicyclic) bond motifs is 1. The number of nitrogens with two attached hydrogens (primary N) is 3. The van der Waals surface area contributed by atoms with Crippen molar-refractivity contribution >= 4 is 28.5 Å². The zero-order chi connectivity index (χ0) is 12.4. The highest BCUT2D eigenvalue weighted by atomic mass is 19.1. The van der Waals surface area contributed by atoms with E-state index >= 15 is 0 Å². The maximum Gasteiger partial charge on any atom is 0.223 e. The highest BCUT2D eigenvalue weighted by molar-refractivity contribution is 5.94. The van der Waals surface area contributed by atoms with E-state index in [2.05, 4.69) is 15.0 Å². The van der Waals surface area contributed by atoms with Gasteiger partial charge >= 0.3 is 0 Å². The summed E-state index contributed by atoms with van der Waals surface area (Å²) in [5, 5.41) is 0.696. The molecule has 0 aliphatic heterocycles. The summed E-state index contributed by atoms with van der Waals surface area (Å²) in [6.07, 6.45) is 1.64. The summed E-state index contributed by atoms with van der Waals surface area (Å²) in [4.78, 5) is 10.2. The number of halogens is 1. The molecular formula is C10H11FN6. The Morgan fingerprint density at radius 1 is 1.24 bits per heavy atom. The first kappa shape index (κ1) is 10.9. The number of aromatic amines is 1. The van der Waals surface area contributed by atoms with Crippen LogP contribution >= 0.6 is 0 Å². The van der Waals surface area contributed by atoms with Gasteiger partial charge in [0.25, 0.3) is 0 Å². The van der Waals surface area contributed by atoms with Gasteiger partial charge in [0, 0.05) is 17.6 Å². The van der Waals surface area contributed by atoms with E-state index in [1.165, 1.54) is 6.07 Å². The van der Waals surface area contributed by atoms with Crippen molar-refractivity contribution in [1.82, 2.24) is 4.98 Å². The van der Waals surface area contributed by atoms with Crippen LogP contribution in [-0.2, 0) is 0 Å². The topological polar surface area (TPSA) is 119 Å². The molecule has 0 saturated heterocycles. The van der Waals surface area contributed by atoms with E-state index in [0.717, 1.165) is 0 Å². The second-order valence-electron chi connectivity index (χ2n) is 3.38. The van der Waals surface area contributed by atoms with Crippen LogP contribution in [0.5, 0.6) is 0 Å². The quantitative estimate of drug-likeness (QED) is 0.425. The lowest BCUT2D eigenvalue weighted by Crippen LogP contribution is -2.26. The van der Waals surface area contributed by atoms with E-state index in [4.69, 9.17) is 17.2 Å². The van der Waals surface area contributed by atoms with E-state index in [-0.39, 0.29) is 11.9 Å². The minimum absolute atomic E-state index is 0.126. The predicted octanol–water partition coefficient (Wildman–Crippen LogP) is 0.527. The number of hydrogen-bond acceptors (Lipinski definition) is 1. The largest absolute Gasteiger partial charge is 0.370 e. The van der Waals surface area contributed by atoms with E-state index < -0.39 is 5.82 Å². The minimum atomic E-state index is -0.413. The normalized spacial score (nSPS) is 11.7. The maximum atomic E-state index is 13.6. The van der Waals surface area contributed by atoms with Gasteiger partial charge in [0.05, 0.1) is 11.2 Å². The molecule has 6 nitrogen and oxygen atoms in total. The molecule has 0 saturated carbocycles. The number of benzene rings is 1. The van der Waals surface area contributed by atoms with Crippen LogP contribution in [0, 0.1) is 5.82 Å². The number of nitrogens with one attached hydrogen (secondary N) is 1. The fraction of sp³-hybridized carbons (Fsp3) is 0. The fourth-order valence-electron chi connectivity index (χ4n) is 1.47. The van der Waals surface area contributed by atoms with Crippen molar-refractivity contribution in [1.29, 1.82) is 0 Å². The van der Waals surface area contributed by atoms with Gasteiger partial charge in [-0.1, -0.05) is 0 Å². The van der Waals surface area contributed by atoms with E-state index in [1.807, 2.05) is 0 Å². The predicted molar refractivity (Wildman–Crippen MR) is 65.3 cm³/mol. The third-order valence-electron chi connectivity index (χ3n) is 2.08. The SMILES string of the molecule is NC(N)=NC(N)=Nc1cc(F)c2[nH]ccc2c1. The molecule has 0 spiro atoms. The van der Waals surface area contributed by atoms with Gasteiger partial charge in [0.2, 0.25) is 5.96 Å². The monoisotopic (exact) mass is 234 g/mol. The number of guanidine groups is 2. The molecule has 2 aromatic rings. The van der Waals surface area contributed by atoms with Crippen molar-refractivity contribution in [2.45, 2.75) is 0 Å². The van der Waals surface area contributed by atoms with Crippen LogP contribution in [0.4, 0.5) is 10.1 Å². The Hall–Kier alpha value is -2.57. The molecule has 0 radical (unpaired) electrons. The average Bonchev–Trinajstić information content (AvgIpc) is 2.64. The van der Waals surface area contributed by atoms with Crippen molar-refractivity contribution in [2.75, 3.05) is 0 Å². The zero-order valence-corrected chi connectivity index (χ0v) is 8.81. The van der Waals surface area contributed by atoms with E-state index in [9.17, 15) is 4.39 Å². The van der Waals surface area contributed by atoms with Crippen LogP contribution in [0.2, 0.25) is 0 Å². The summed E-state index contributed by atoms with van der Waals surface area (Å²) < 4.78 is 13.6. The number of hydrogen-bond donors (Lipinski definition) is 4. The maximum absolute atomic E-state index is 13.6. The smallest absolute Gasteiger partial charge is 0.223 e. The summed E-state index contributed by atoms with van der Waals surface area (Å²) in [7, 11) is 0. The van der Waals surface area contributed by atoms with Crippen LogP contribution in [-0.4, -0.2) is 16.9 Å². The summed E-state index contributed by atoms with van der Waals surface area (Å²) in [5.41, 5.74) is 16.5.